The molecule has 16 heavy (non-hydrogen) atoms. The van der Waals surface area contributed by atoms with E-state index in [1.165, 1.54) is 24.5 Å². The highest BCUT2D eigenvalue weighted by Crippen LogP contribution is 2.29. The van der Waals surface area contributed by atoms with Crippen LogP contribution in [-0.2, 0) is 0 Å². The second-order valence-corrected chi connectivity index (χ2v) is 4.08. The summed E-state index contributed by atoms with van der Waals surface area (Å²) in [7, 11) is 0. The Balaban J connectivity index is 2.27. The quantitative estimate of drug-likeness (QED) is 0.791. The third-order valence-electron chi connectivity index (χ3n) is 1.72. The summed E-state index contributed by atoms with van der Waals surface area (Å²) in [4.78, 5) is 7.73. The van der Waals surface area contributed by atoms with Crippen LogP contribution in [0.25, 0.3) is 0 Å². The molecule has 2 aromatic rings. The van der Waals surface area contributed by atoms with E-state index in [0.717, 1.165) is 0 Å². The van der Waals surface area contributed by atoms with Gasteiger partial charge in [0, 0.05) is 6.07 Å². The van der Waals surface area contributed by atoms with Crippen LogP contribution in [-0.4, -0.2) is 9.97 Å². The Morgan fingerprint density at radius 3 is 2.75 bits per heavy atom. The van der Waals surface area contributed by atoms with Crippen molar-refractivity contribution in [3.8, 4) is 11.6 Å². The van der Waals surface area contributed by atoms with Crippen molar-refractivity contribution in [3.63, 3.8) is 0 Å². The van der Waals surface area contributed by atoms with Crippen molar-refractivity contribution in [1.29, 1.82) is 0 Å². The topological polar surface area (TPSA) is 35.0 Å². The molecule has 0 spiro atoms. The molecule has 2 rings (SSSR count). The highest BCUT2D eigenvalue weighted by Gasteiger charge is 2.05. The van der Waals surface area contributed by atoms with Crippen molar-refractivity contribution in [2.75, 3.05) is 0 Å². The molecule has 0 amide bonds. The first-order valence-electron chi connectivity index (χ1n) is 4.25. The second-order valence-electron chi connectivity index (χ2n) is 2.86. The standard InChI is InChI=1S/C10H5BrClFN2O/c11-9-4-10(15-5-14-9)16-8-2-1-6(13)3-7(8)12/h1-5H. The van der Waals surface area contributed by atoms with E-state index < -0.39 is 5.82 Å². The molecule has 0 bridgehead atoms. The van der Waals surface area contributed by atoms with Crippen molar-refractivity contribution in [1.82, 2.24) is 9.97 Å². The van der Waals surface area contributed by atoms with Crippen LogP contribution in [0.4, 0.5) is 4.39 Å². The SMILES string of the molecule is Fc1ccc(Oc2cc(Br)ncn2)c(Cl)c1. The predicted molar refractivity (Wildman–Crippen MR) is 61.2 cm³/mol. The van der Waals surface area contributed by atoms with Crippen LogP contribution in [0.1, 0.15) is 0 Å². The zero-order valence-electron chi connectivity index (χ0n) is 7.82. The largest absolute Gasteiger partial charge is 0.437 e. The molecule has 0 saturated heterocycles. The molecule has 0 aliphatic heterocycles. The smallest absolute Gasteiger partial charge is 0.223 e. The number of ether oxygens (including phenoxy) is 1. The van der Waals surface area contributed by atoms with Gasteiger partial charge in [-0.05, 0) is 34.1 Å². The lowest BCUT2D eigenvalue weighted by atomic mass is 10.3. The molecule has 1 heterocycles. The number of halogens is 3. The summed E-state index contributed by atoms with van der Waals surface area (Å²) in [5.41, 5.74) is 0. The number of aromatic nitrogens is 2. The Hall–Kier alpha value is -1.20. The van der Waals surface area contributed by atoms with Gasteiger partial charge in [0.05, 0.1) is 5.02 Å². The molecule has 0 aliphatic rings. The zero-order valence-corrected chi connectivity index (χ0v) is 10.2. The summed E-state index contributed by atoms with van der Waals surface area (Å²) in [5, 5.41) is 0.190. The van der Waals surface area contributed by atoms with Crippen LogP contribution in [0.5, 0.6) is 11.6 Å². The van der Waals surface area contributed by atoms with E-state index in [1.807, 2.05) is 0 Å². The summed E-state index contributed by atoms with van der Waals surface area (Å²) in [6, 6.07) is 5.46. The van der Waals surface area contributed by atoms with Gasteiger partial charge in [-0.3, -0.25) is 0 Å². The molecule has 6 heteroatoms. The van der Waals surface area contributed by atoms with Gasteiger partial charge >= 0.3 is 0 Å². The molecule has 0 N–H and O–H groups in total. The maximum Gasteiger partial charge on any atom is 0.223 e. The Bertz CT molecular complexity index is 524. The first-order valence-corrected chi connectivity index (χ1v) is 5.43. The number of hydrogen-bond acceptors (Lipinski definition) is 3. The summed E-state index contributed by atoms with van der Waals surface area (Å²) >= 11 is 8.98. The van der Waals surface area contributed by atoms with Crippen LogP contribution in [0.3, 0.4) is 0 Å². The number of hydrogen-bond donors (Lipinski definition) is 0. The summed E-state index contributed by atoms with van der Waals surface area (Å²) in [6.45, 7) is 0. The molecule has 3 nitrogen and oxygen atoms in total. The minimum absolute atomic E-state index is 0.190. The zero-order chi connectivity index (χ0) is 11.5. The Labute approximate surface area is 104 Å². The lowest BCUT2D eigenvalue weighted by molar-refractivity contribution is 0.459. The molecule has 1 aromatic heterocycles. The van der Waals surface area contributed by atoms with Gasteiger partial charge in [-0.15, -0.1) is 0 Å². The van der Waals surface area contributed by atoms with E-state index in [0.29, 0.717) is 16.2 Å². The molecular formula is C10H5BrClFN2O. The lowest BCUT2D eigenvalue weighted by Crippen LogP contribution is -1.90. The fourth-order valence-corrected chi connectivity index (χ4v) is 1.54. The van der Waals surface area contributed by atoms with Crippen LogP contribution < -0.4 is 4.74 Å². The molecule has 0 fully saturated rings. The number of nitrogens with zero attached hydrogens (tertiary/aromatic N) is 2. The summed E-state index contributed by atoms with van der Waals surface area (Å²) < 4.78 is 18.7. The molecule has 1 aromatic carbocycles. The van der Waals surface area contributed by atoms with E-state index in [1.54, 1.807) is 6.07 Å². The molecule has 0 aliphatic carbocycles. The minimum atomic E-state index is -0.416. The first-order chi connectivity index (χ1) is 7.65. The van der Waals surface area contributed by atoms with Gasteiger partial charge in [0.1, 0.15) is 22.5 Å². The van der Waals surface area contributed by atoms with Crippen molar-refractivity contribution >= 4 is 27.5 Å². The van der Waals surface area contributed by atoms with Crippen molar-refractivity contribution < 1.29 is 9.13 Å². The molecule has 0 unspecified atom stereocenters. The third-order valence-corrected chi connectivity index (χ3v) is 2.45. The average molecular weight is 304 g/mol. The fraction of sp³-hybridized carbons (Fsp3) is 0. The summed E-state index contributed by atoms with van der Waals surface area (Å²) in [5.74, 6) is 0.255. The maximum absolute atomic E-state index is 12.8. The number of benzene rings is 1. The fourth-order valence-electron chi connectivity index (χ4n) is 1.04. The van der Waals surface area contributed by atoms with Gasteiger partial charge < -0.3 is 4.74 Å². The molecule has 0 radical (unpaired) electrons. The van der Waals surface area contributed by atoms with E-state index in [2.05, 4.69) is 25.9 Å². The maximum atomic E-state index is 12.8. The first kappa shape index (κ1) is 11.3. The normalized spacial score (nSPS) is 10.2. The Morgan fingerprint density at radius 2 is 2.06 bits per heavy atom. The molecular weight excluding hydrogens is 298 g/mol. The van der Waals surface area contributed by atoms with Gasteiger partial charge in [-0.2, -0.15) is 0 Å². The highest BCUT2D eigenvalue weighted by atomic mass is 79.9. The van der Waals surface area contributed by atoms with Crippen molar-refractivity contribution in [2.24, 2.45) is 0 Å². The van der Waals surface area contributed by atoms with Gasteiger partial charge in [-0.1, -0.05) is 11.6 Å². The highest BCUT2D eigenvalue weighted by molar-refractivity contribution is 9.10. The lowest BCUT2D eigenvalue weighted by Gasteiger charge is -2.06. The van der Waals surface area contributed by atoms with E-state index in [4.69, 9.17) is 16.3 Å². The van der Waals surface area contributed by atoms with E-state index in [-0.39, 0.29) is 5.02 Å². The van der Waals surface area contributed by atoms with Gasteiger partial charge in [0.25, 0.3) is 0 Å². The second kappa shape index (κ2) is 4.76. The Kier molecular flexibility index (Phi) is 3.36. The van der Waals surface area contributed by atoms with Gasteiger partial charge in [0.15, 0.2) is 0 Å². The van der Waals surface area contributed by atoms with Crippen LogP contribution in [0.2, 0.25) is 5.02 Å². The van der Waals surface area contributed by atoms with Crippen molar-refractivity contribution in [2.45, 2.75) is 0 Å². The summed E-state index contributed by atoms with van der Waals surface area (Å²) in [6.07, 6.45) is 1.34. The van der Waals surface area contributed by atoms with Gasteiger partial charge in [0.2, 0.25) is 5.88 Å². The molecule has 0 saturated carbocycles. The van der Waals surface area contributed by atoms with Crippen LogP contribution in [0.15, 0.2) is 35.2 Å². The van der Waals surface area contributed by atoms with Crippen molar-refractivity contribution in [3.05, 3.63) is 46.0 Å². The predicted octanol–water partition coefficient (Wildman–Crippen LogP) is 3.82. The molecule has 0 atom stereocenters. The minimum Gasteiger partial charge on any atom is -0.437 e. The molecule has 82 valence electrons. The third kappa shape index (κ3) is 2.68. The Morgan fingerprint density at radius 1 is 1.25 bits per heavy atom. The average Bonchev–Trinajstić information content (AvgIpc) is 2.22. The van der Waals surface area contributed by atoms with Crippen LogP contribution in [0, 0.1) is 5.82 Å². The van der Waals surface area contributed by atoms with Crippen LogP contribution >= 0.6 is 27.5 Å². The van der Waals surface area contributed by atoms with E-state index in [9.17, 15) is 4.39 Å². The van der Waals surface area contributed by atoms with E-state index >= 15 is 0 Å². The van der Waals surface area contributed by atoms with Gasteiger partial charge in [-0.25, -0.2) is 14.4 Å². The monoisotopic (exact) mass is 302 g/mol. The number of rotatable bonds is 2.